The molecular weight excluding hydrogens is 529 g/mol. The molecule has 0 atom stereocenters. The standard InChI is InChI=1S/C33H33F3N2O3/c1-32(2,25-8-4-3-5-9-25)26-11-13-28(14-12-26)40-23-29-15-16-30(41-29)31(39)38-19-17-37(18-20-38)22-24-7-6-10-27(21-24)33(34,35)36/h3-16,21H,17-20,22-23H2,1-2H3. The number of halogens is 3. The van der Waals surface area contributed by atoms with Crippen molar-refractivity contribution in [3.8, 4) is 5.75 Å². The van der Waals surface area contributed by atoms with Crippen molar-refractivity contribution in [2.45, 2.75) is 38.6 Å². The Bertz CT molecular complexity index is 1460. The molecule has 41 heavy (non-hydrogen) atoms. The molecule has 8 heteroatoms. The molecule has 1 saturated heterocycles. The van der Waals surface area contributed by atoms with Crippen LogP contribution in [0.4, 0.5) is 13.2 Å². The van der Waals surface area contributed by atoms with Crippen LogP contribution in [0, 0.1) is 0 Å². The Morgan fingerprint density at radius 3 is 2.15 bits per heavy atom. The van der Waals surface area contributed by atoms with Crippen molar-refractivity contribution in [1.29, 1.82) is 0 Å². The van der Waals surface area contributed by atoms with E-state index in [1.54, 1.807) is 23.1 Å². The van der Waals surface area contributed by atoms with Gasteiger partial charge in [0, 0.05) is 38.1 Å². The summed E-state index contributed by atoms with van der Waals surface area (Å²) in [7, 11) is 0. The number of furan rings is 1. The van der Waals surface area contributed by atoms with E-state index in [1.807, 2.05) is 35.2 Å². The fraction of sp³-hybridized carbons (Fsp3) is 0.303. The van der Waals surface area contributed by atoms with Gasteiger partial charge in [-0.05, 0) is 47.0 Å². The van der Waals surface area contributed by atoms with Gasteiger partial charge in [0.15, 0.2) is 5.76 Å². The first-order chi connectivity index (χ1) is 19.6. The quantitative estimate of drug-likeness (QED) is 0.229. The van der Waals surface area contributed by atoms with E-state index in [-0.39, 0.29) is 23.7 Å². The predicted octanol–water partition coefficient (Wildman–Crippen LogP) is 7.16. The van der Waals surface area contributed by atoms with Gasteiger partial charge >= 0.3 is 6.18 Å². The monoisotopic (exact) mass is 562 g/mol. The Morgan fingerprint density at radius 2 is 1.46 bits per heavy atom. The summed E-state index contributed by atoms with van der Waals surface area (Å²) in [5.74, 6) is 1.29. The smallest absolute Gasteiger partial charge is 0.416 e. The van der Waals surface area contributed by atoms with Crippen molar-refractivity contribution in [2.24, 2.45) is 0 Å². The van der Waals surface area contributed by atoms with Gasteiger partial charge in [-0.3, -0.25) is 9.69 Å². The second kappa shape index (κ2) is 11.8. The highest BCUT2D eigenvalue weighted by Crippen LogP contribution is 2.32. The van der Waals surface area contributed by atoms with Crippen LogP contribution < -0.4 is 4.74 Å². The third-order valence-electron chi connectivity index (χ3n) is 7.65. The lowest BCUT2D eigenvalue weighted by Crippen LogP contribution is -2.48. The van der Waals surface area contributed by atoms with Gasteiger partial charge in [-0.25, -0.2) is 0 Å². The number of ether oxygens (including phenoxy) is 1. The summed E-state index contributed by atoms with van der Waals surface area (Å²) < 4.78 is 50.7. The molecule has 0 saturated carbocycles. The van der Waals surface area contributed by atoms with E-state index in [2.05, 4.69) is 38.1 Å². The predicted molar refractivity (Wildman–Crippen MR) is 151 cm³/mol. The molecule has 3 aromatic carbocycles. The topological polar surface area (TPSA) is 45.9 Å². The highest BCUT2D eigenvalue weighted by atomic mass is 19.4. The zero-order chi connectivity index (χ0) is 29.0. The largest absolute Gasteiger partial charge is 0.486 e. The number of hydrogen-bond donors (Lipinski definition) is 0. The van der Waals surface area contributed by atoms with Gasteiger partial charge in [-0.2, -0.15) is 13.2 Å². The maximum Gasteiger partial charge on any atom is 0.416 e. The molecule has 0 bridgehead atoms. The van der Waals surface area contributed by atoms with Crippen LogP contribution in [-0.4, -0.2) is 41.9 Å². The molecule has 5 nitrogen and oxygen atoms in total. The zero-order valence-electron chi connectivity index (χ0n) is 23.2. The van der Waals surface area contributed by atoms with Gasteiger partial charge in [0.2, 0.25) is 0 Å². The summed E-state index contributed by atoms with van der Waals surface area (Å²) >= 11 is 0. The summed E-state index contributed by atoms with van der Waals surface area (Å²) in [6, 6.07) is 27.1. The highest BCUT2D eigenvalue weighted by Gasteiger charge is 2.31. The van der Waals surface area contributed by atoms with Crippen LogP contribution in [0.2, 0.25) is 0 Å². The fourth-order valence-electron chi connectivity index (χ4n) is 5.08. The number of carbonyl (C=O) groups excluding carboxylic acids is 1. The number of alkyl halides is 3. The number of nitrogens with zero attached hydrogens (tertiary/aromatic N) is 2. The molecule has 1 aromatic heterocycles. The van der Waals surface area contributed by atoms with Crippen molar-refractivity contribution in [1.82, 2.24) is 9.80 Å². The average Bonchev–Trinajstić information content (AvgIpc) is 3.46. The maximum atomic E-state index is 13.0. The van der Waals surface area contributed by atoms with E-state index in [0.29, 0.717) is 49.8 Å². The van der Waals surface area contributed by atoms with Crippen LogP contribution in [0.15, 0.2) is 95.4 Å². The number of rotatable bonds is 8. The van der Waals surface area contributed by atoms with Gasteiger partial charge in [-0.1, -0.05) is 74.5 Å². The Labute approximate surface area is 238 Å². The van der Waals surface area contributed by atoms with Crippen LogP contribution in [0.3, 0.4) is 0 Å². The van der Waals surface area contributed by atoms with Crippen LogP contribution in [0.5, 0.6) is 5.75 Å². The molecule has 1 aliphatic rings. The summed E-state index contributed by atoms with van der Waals surface area (Å²) in [6.07, 6.45) is -4.36. The van der Waals surface area contributed by atoms with E-state index >= 15 is 0 Å². The third-order valence-corrected chi connectivity index (χ3v) is 7.65. The molecule has 0 aliphatic carbocycles. The van der Waals surface area contributed by atoms with Gasteiger partial charge in [0.1, 0.15) is 18.1 Å². The average molecular weight is 563 g/mol. The Balaban J connectivity index is 1.11. The molecule has 5 rings (SSSR count). The Hall–Kier alpha value is -4.04. The number of piperazine rings is 1. The summed E-state index contributed by atoms with van der Waals surface area (Å²) in [5, 5.41) is 0. The SMILES string of the molecule is CC(C)(c1ccccc1)c1ccc(OCc2ccc(C(=O)N3CCN(Cc4cccc(C(F)(F)F)c4)CC3)o2)cc1. The van der Waals surface area contributed by atoms with Crippen LogP contribution in [0.1, 0.15) is 52.4 Å². The number of benzene rings is 3. The van der Waals surface area contributed by atoms with E-state index in [9.17, 15) is 18.0 Å². The molecule has 0 radical (unpaired) electrons. The van der Waals surface area contributed by atoms with Crippen LogP contribution >= 0.6 is 0 Å². The number of amides is 1. The Kier molecular flexibility index (Phi) is 8.22. The van der Waals surface area contributed by atoms with Gasteiger partial charge in [0.25, 0.3) is 5.91 Å². The Morgan fingerprint density at radius 1 is 0.805 bits per heavy atom. The van der Waals surface area contributed by atoms with E-state index in [1.165, 1.54) is 23.3 Å². The van der Waals surface area contributed by atoms with Crippen molar-refractivity contribution in [3.63, 3.8) is 0 Å². The fourth-order valence-corrected chi connectivity index (χ4v) is 5.08. The molecule has 2 heterocycles. The molecule has 0 unspecified atom stereocenters. The summed E-state index contributed by atoms with van der Waals surface area (Å²) in [4.78, 5) is 16.8. The molecule has 4 aromatic rings. The van der Waals surface area contributed by atoms with Gasteiger partial charge in [-0.15, -0.1) is 0 Å². The lowest BCUT2D eigenvalue weighted by molar-refractivity contribution is -0.137. The lowest BCUT2D eigenvalue weighted by Gasteiger charge is -2.34. The van der Waals surface area contributed by atoms with E-state index < -0.39 is 11.7 Å². The molecular formula is C33H33F3N2O3. The van der Waals surface area contributed by atoms with Crippen molar-refractivity contribution in [3.05, 3.63) is 125 Å². The van der Waals surface area contributed by atoms with E-state index in [0.717, 1.165) is 6.07 Å². The van der Waals surface area contributed by atoms with Crippen LogP contribution in [0.25, 0.3) is 0 Å². The lowest BCUT2D eigenvalue weighted by atomic mass is 9.78. The van der Waals surface area contributed by atoms with Crippen molar-refractivity contribution >= 4 is 5.91 Å². The molecule has 1 amide bonds. The maximum absolute atomic E-state index is 13.0. The van der Waals surface area contributed by atoms with E-state index in [4.69, 9.17) is 9.15 Å². The zero-order valence-corrected chi connectivity index (χ0v) is 23.2. The minimum Gasteiger partial charge on any atom is -0.486 e. The normalized spacial score (nSPS) is 14.7. The summed E-state index contributed by atoms with van der Waals surface area (Å²) in [5.41, 5.74) is 2.23. The second-order valence-corrected chi connectivity index (χ2v) is 10.8. The summed E-state index contributed by atoms with van der Waals surface area (Å²) in [6.45, 7) is 7.04. The molecule has 0 spiro atoms. The van der Waals surface area contributed by atoms with Crippen molar-refractivity contribution in [2.75, 3.05) is 26.2 Å². The minimum atomic E-state index is -4.36. The second-order valence-electron chi connectivity index (χ2n) is 10.8. The first-order valence-corrected chi connectivity index (χ1v) is 13.6. The van der Waals surface area contributed by atoms with Gasteiger partial charge < -0.3 is 14.1 Å². The highest BCUT2D eigenvalue weighted by molar-refractivity contribution is 5.91. The molecule has 1 fully saturated rings. The molecule has 214 valence electrons. The number of hydrogen-bond acceptors (Lipinski definition) is 4. The third kappa shape index (κ3) is 6.82. The molecule has 1 aliphatic heterocycles. The first kappa shape index (κ1) is 28.5. The van der Waals surface area contributed by atoms with Crippen LogP contribution in [-0.2, 0) is 24.7 Å². The minimum absolute atomic E-state index is 0.139. The van der Waals surface area contributed by atoms with Gasteiger partial charge in [0.05, 0.1) is 5.56 Å². The van der Waals surface area contributed by atoms with Crippen molar-refractivity contribution < 1.29 is 27.1 Å². The number of carbonyl (C=O) groups is 1. The molecule has 0 N–H and O–H groups in total. The first-order valence-electron chi connectivity index (χ1n) is 13.6.